The Bertz CT molecular complexity index is 419. The lowest BCUT2D eigenvalue weighted by molar-refractivity contribution is 0.0683. The lowest BCUT2D eigenvalue weighted by Gasteiger charge is -2.23. The normalized spacial score (nSPS) is 23.9. The molecule has 0 amide bonds. The Morgan fingerprint density at radius 2 is 2.11 bits per heavy atom. The number of carbonyl (C=O) groups is 1. The maximum atomic E-state index is 11.0. The number of ether oxygens (including phenoxy) is 1. The summed E-state index contributed by atoms with van der Waals surface area (Å²) in [5.74, 6) is 0.425. The van der Waals surface area contributed by atoms with Crippen molar-refractivity contribution in [3.63, 3.8) is 0 Å². The van der Waals surface area contributed by atoms with Crippen LogP contribution in [0.4, 0.5) is 0 Å². The highest BCUT2D eigenvalue weighted by Crippen LogP contribution is 2.37. The molecular formula is C13H19NO4. The first-order valence-electron chi connectivity index (χ1n) is 6.48. The third-order valence-electron chi connectivity index (χ3n) is 3.46. The van der Waals surface area contributed by atoms with Crippen LogP contribution < -0.4 is 4.74 Å². The van der Waals surface area contributed by atoms with Crippen LogP contribution in [-0.4, -0.2) is 22.7 Å². The van der Waals surface area contributed by atoms with E-state index in [1.165, 1.54) is 0 Å². The number of nitrogens with zero attached hydrogens (tertiary/aromatic N) is 1. The van der Waals surface area contributed by atoms with E-state index in [1.54, 1.807) is 6.92 Å². The van der Waals surface area contributed by atoms with Crippen LogP contribution in [0, 0.1) is 5.92 Å². The molecule has 5 nitrogen and oxygen atoms in total. The van der Waals surface area contributed by atoms with Crippen molar-refractivity contribution in [1.82, 2.24) is 4.98 Å². The van der Waals surface area contributed by atoms with Crippen LogP contribution in [0.5, 0.6) is 5.95 Å². The summed E-state index contributed by atoms with van der Waals surface area (Å²) in [5, 5.41) is 9.04. The SMILES string of the molecule is CCOc1oc(C2CCC(C)CC2)nc1C(=O)O. The molecule has 1 aliphatic carbocycles. The number of hydrogen-bond donors (Lipinski definition) is 1. The van der Waals surface area contributed by atoms with Gasteiger partial charge in [0.25, 0.3) is 0 Å². The number of oxazole rings is 1. The van der Waals surface area contributed by atoms with Gasteiger partial charge in [-0.15, -0.1) is 0 Å². The average Bonchev–Trinajstić information content (AvgIpc) is 2.75. The van der Waals surface area contributed by atoms with Gasteiger partial charge >= 0.3 is 11.9 Å². The van der Waals surface area contributed by atoms with Crippen molar-refractivity contribution in [2.24, 2.45) is 5.92 Å². The number of carboxylic acids is 1. The molecule has 18 heavy (non-hydrogen) atoms. The fourth-order valence-electron chi connectivity index (χ4n) is 2.37. The van der Waals surface area contributed by atoms with E-state index < -0.39 is 5.97 Å². The minimum Gasteiger partial charge on any atom is -0.476 e. The fourth-order valence-corrected chi connectivity index (χ4v) is 2.37. The Labute approximate surface area is 106 Å². The van der Waals surface area contributed by atoms with Gasteiger partial charge in [-0.1, -0.05) is 6.92 Å². The molecule has 0 bridgehead atoms. The monoisotopic (exact) mass is 253 g/mol. The van der Waals surface area contributed by atoms with Gasteiger partial charge in [-0.05, 0) is 38.5 Å². The van der Waals surface area contributed by atoms with Crippen LogP contribution in [0.3, 0.4) is 0 Å². The number of aromatic carboxylic acids is 1. The van der Waals surface area contributed by atoms with Crippen LogP contribution in [0.25, 0.3) is 0 Å². The molecule has 1 aromatic rings. The highest BCUT2D eigenvalue weighted by atomic mass is 16.6. The number of hydrogen-bond acceptors (Lipinski definition) is 4. The second-order valence-electron chi connectivity index (χ2n) is 4.88. The van der Waals surface area contributed by atoms with Gasteiger partial charge in [-0.3, -0.25) is 0 Å². The van der Waals surface area contributed by atoms with E-state index in [0.717, 1.165) is 31.6 Å². The Morgan fingerprint density at radius 1 is 1.44 bits per heavy atom. The second-order valence-corrected chi connectivity index (χ2v) is 4.88. The molecule has 0 unspecified atom stereocenters. The van der Waals surface area contributed by atoms with Crippen LogP contribution in [0.1, 0.15) is 61.8 Å². The van der Waals surface area contributed by atoms with Gasteiger partial charge in [0.05, 0.1) is 6.61 Å². The lowest BCUT2D eigenvalue weighted by atomic mass is 9.83. The smallest absolute Gasteiger partial charge is 0.362 e. The Kier molecular flexibility index (Phi) is 3.89. The Hall–Kier alpha value is -1.52. The minimum absolute atomic E-state index is 0.0404. The summed E-state index contributed by atoms with van der Waals surface area (Å²) in [5.41, 5.74) is -0.106. The molecule has 1 aliphatic rings. The Morgan fingerprint density at radius 3 is 2.67 bits per heavy atom. The molecule has 100 valence electrons. The zero-order chi connectivity index (χ0) is 13.1. The van der Waals surface area contributed by atoms with E-state index in [2.05, 4.69) is 11.9 Å². The molecule has 2 rings (SSSR count). The van der Waals surface area contributed by atoms with Gasteiger partial charge in [-0.2, -0.15) is 0 Å². The molecule has 1 heterocycles. The molecule has 0 radical (unpaired) electrons. The van der Waals surface area contributed by atoms with E-state index in [-0.39, 0.29) is 17.6 Å². The summed E-state index contributed by atoms with van der Waals surface area (Å²) in [7, 11) is 0. The standard InChI is InChI=1S/C13H19NO4/c1-3-17-13-10(12(15)16)14-11(18-13)9-6-4-8(2)5-7-9/h8-9H,3-7H2,1-2H3,(H,15,16). The summed E-state index contributed by atoms with van der Waals surface area (Å²) in [6.07, 6.45) is 4.29. The quantitative estimate of drug-likeness (QED) is 0.892. The van der Waals surface area contributed by atoms with E-state index >= 15 is 0 Å². The lowest BCUT2D eigenvalue weighted by Crippen LogP contribution is -2.11. The van der Waals surface area contributed by atoms with Crippen molar-refractivity contribution in [3.8, 4) is 5.95 Å². The topological polar surface area (TPSA) is 72.6 Å². The first-order chi connectivity index (χ1) is 8.61. The van der Waals surface area contributed by atoms with Gasteiger partial charge in [-0.25, -0.2) is 9.78 Å². The first kappa shape index (κ1) is 12.9. The van der Waals surface area contributed by atoms with E-state index in [0.29, 0.717) is 12.5 Å². The summed E-state index contributed by atoms with van der Waals surface area (Å²) in [6, 6.07) is 0. The third kappa shape index (κ3) is 2.66. The van der Waals surface area contributed by atoms with Gasteiger partial charge in [0.1, 0.15) is 0 Å². The van der Waals surface area contributed by atoms with Crippen LogP contribution >= 0.6 is 0 Å². The van der Waals surface area contributed by atoms with Gasteiger partial charge in [0.15, 0.2) is 0 Å². The van der Waals surface area contributed by atoms with Crippen molar-refractivity contribution < 1.29 is 19.1 Å². The van der Waals surface area contributed by atoms with Crippen molar-refractivity contribution >= 4 is 5.97 Å². The molecule has 0 atom stereocenters. The van der Waals surface area contributed by atoms with E-state index in [1.807, 2.05) is 0 Å². The predicted molar refractivity (Wildman–Crippen MR) is 65.0 cm³/mol. The minimum atomic E-state index is -1.10. The van der Waals surface area contributed by atoms with Crippen LogP contribution in [0.2, 0.25) is 0 Å². The van der Waals surface area contributed by atoms with Gasteiger partial charge in [0.2, 0.25) is 11.6 Å². The largest absolute Gasteiger partial charge is 0.476 e. The van der Waals surface area contributed by atoms with Crippen molar-refractivity contribution in [1.29, 1.82) is 0 Å². The van der Waals surface area contributed by atoms with Crippen molar-refractivity contribution in [3.05, 3.63) is 11.6 Å². The summed E-state index contributed by atoms with van der Waals surface area (Å²) in [6.45, 7) is 4.40. The molecule has 0 aliphatic heterocycles. The second kappa shape index (κ2) is 5.42. The number of rotatable bonds is 4. The van der Waals surface area contributed by atoms with E-state index in [9.17, 15) is 4.79 Å². The molecule has 1 aromatic heterocycles. The molecule has 5 heteroatoms. The van der Waals surface area contributed by atoms with Crippen LogP contribution in [0.15, 0.2) is 4.42 Å². The summed E-state index contributed by atoms with van der Waals surface area (Å²) < 4.78 is 10.7. The Balaban J connectivity index is 2.18. The molecule has 1 saturated carbocycles. The average molecular weight is 253 g/mol. The van der Waals surface area contributed by atoms with Crippen LogP contribution in [-0.2, 0) is 0 Å². The third-order valence-corrected chi connectivity index (χ3v) is 3.46. The highest BCUT2D eigenvalue weighted by molar-refractivity contribution is 5.87. The maximum Gasteiger partial charge on any atom is 0.362 e. The van der Waals surface area contributed by atoms with Gasteiger partial charge < -0.3 is 14.3 Å². The molecular weight excluding hydrogens is 234 g/mol. The van der Waals surface area contributed by atoms with Crippen molar-refractivity contribution in [2.75, 3.05) is 6.61 Å². The highest BCUT2D eigenvalue weighted by Gasteiger charge is 2.28. The van der Waals surface area contributed by atoms with Gasteiger partial charge in [0, 0.05) is 5.92 Å². The molecule has 1 N–H and O–H groups in total. The molecule has 0 spiro atoms. The van der Waals surface area contributed by atoms with Crippen molar-refractivity contribution in [2.45, 2.75) is 45.4 Å². The predicted octanol–water partition coefficient (Wildman–Crippen LogP) is 3.07. The van der Waals surface area contributed by atoms with E-state index in [4.69, 9.17) is 14.3 Å². The summed E-state index contributed by atoms with van der Waals surface area (Å²) >= 11 is 0. The zero-order valence-electron chi connectivity index (χ0n) is 10.8. The first-order valence-corrected chi connectivity index (χ1v) is 6.48. The maximum absolute atomic E-state index is 11.0. The fraction of sp³-hybridized carbons (Fsp3) is 0.692. The summed E-state index contributed by atoms with van der Waals surface area (Å²) in [4.78, 5) is 15.1. The molecule has 0 saturated heterocycles. The molecule has 1 fully saturated rings. The molecule has 0 aromatic carbocycles. The number of aromatic nitrogens is 1. The number of carboxylic acid groups (broad SMARTS) is 1. The zero-order valence-corrected chi connectivity index (χ0v) is 10.8.